The van der Waals surface area contributed by atoms with E-state index >= 15 is 4.39 Å². The predicted molar refractivity (Wildman–Crippen MR) is 341 cm³/mol. The minimum atomic E-state index is -0.865. The van der Waals surface area contributed by atoms with Crippen molar-refractivity contribution < 1.29 is 61.9 Å². The maximum absolute atomic E-state index is 17.2. The van der Waals surface area contributed by atoms with Gasteiger partial charge in [-0.1, -0.05) is 73.6 Å². The van der Waals surface area contributed by atoms with Crippen LogP contribution in [0.15, 0.2) is 89.4 Å². The number of fused-ring (bicyclic) bond motifs is 2. The number of likely N-dealkylation sites (tertiary alicyclic amines) is 2. The van der Waals surface area contributed by atoms with Crippen molar-refractivity contribution >= 4 is 68.2 Å². The molecule has 90 heavy (non-hydrogen) atoms. The number of aliphatic hydroxyl groups is 1. The number of carbonyl (C=O) groups is 3. The minimum Gasteiger partial charge on any atom is -0.508 e. The normalized spacial score (nSPS) is 17.4. The summed E-state index contributed by atoms with van der Waals surface area (Å²) in [5, 5.41) is 30.3. The average molecular weight is 1280 g/mol. The van der Waals surface area contributed by atoms with Gasteiger partial charge < -0.3 is 63.2 Å². The number of piperazine rings is 1. The van der Waals surface area contributed by atoms with Gasteiger partial charge in [-0.25, -0.2) is 9.37 Å². The van der Waals surface area contributed by atoms with E-state index in [2.05, 4.69) is 31.9 Å². The number of halogens is 2. The molecule has 3 saturated heterocycles. The number of phenols is 1. The Morgan fingerprint density at radius 2 is 1.61 bits per heavy atom. The molecule has 6 heterocycles. The number of thiazole rings is 1. The Bertz CT molecular complexity index is 3630. The van der Waals surface area contributed by atoms with Gasteiger partial charge in [-0.2, -0.15) is 9.97 Å². The van der Waals surface area contributed by atoms with Crippen LogP contribution in [-0.4, -0.2) is 192 Å². The largest absolute Gasteiger partial charge is 0.508 e. The third-order valence-corrected chi connectivity index (χ3v) is 17.7. The number of aromatic hydroxyl groups is 1. The van der Waals surface area contributed by atoms with Crippen molar-refractivity contribution in [3.8, 4) is 39.1 Å². The highest BCUT2D eigenvalue weighted by Crippen LogP contribution is 2.43. The number of ether oxygens (including phenoxy) is 6. The van der Waals surface area contributed by atoms with Gasteiger partial charge in [-0.15, -0.1) is 11.3 Å². The summed E-state index contributed by atoms with van der Waals surface area (Å²) < 4.78 is 58.9. The van der Waals surface area contributed by atoms with Crippen molar-refractivity contribution in [1.29, 1.82) is 0 Å². The zero-order chi connectivity index (χ0) is 63.4. The first-order chi connectivity index (χ1) is 43.5. The summed E-state index contributed by atoms with van der Waals surface area (Å²) >= 11 is 8.47. The number of aliphatic hydroxyl groups excluding tert-OH is 1. The SMILES string of the molecule is C=CC(=O)N1CCN(c2nc(O[C@H](C)CN3CCC(OCCOCCOCCOCCOc4cc(-c5scnc5C)ccc4CNC(=O)C4CC(O)CN4C(=O)[C@@H](c4cc(C)no4)C(C)C)CC3)nc3c(F)c(-c4cc(O)cc5ccccc45)c(Cl)cc23)CC1. The van der Waals surface area contributed by atoms with Gasteiger partial charge in [-0.3, -0.25) is 19.3 Å². The lowest BCUT2D eigenvalue weighted by atomic mass is 9.91. The number of benzene rings is 4. The molecule has 7 aromatic rings. The Hall–Kier alpha value is -7.35. The number of carbonyl (C=O) groups excluding carboxylic acids is 3. The molecule has 0 bridgehead atoms. The molecule has 3 N–H and O–H groups in total. The molecule has 480 valence electrons. The predicted octanol–water partition coefficient (Wildman–Crippen LogP) is 8.91. The van der Waals surface area contributed by atoms with Crippen LogP contribution in [0.25, 0.3) is 43.2 Å². The van der Waals surface area contributed by atoms with Crippen LogP contribution >= 0.6 is 22.9 Å². The first-order valence-corrected chi connectivity index (χ1v) is 32.0. The number of aryl methyl sites for hydroxylation is 2. The quantitative estimate of drug-likeness (QED) is 0.0306. The van der Waals surface area contributed by atoms with Crippen LogP contribution in [-0.2, 0) is 39.9 Å². The van der Waals surface area contributed by atoms with Gasteiger partial charge in [-0.05, 0) is 91.8 Å². The van der Waals surface area contributed by atoms with E-state index in [-0.39, 0.29) is 89.8 Å². The molecule has 4 atom stereocenters. The molecule has 2 unspecified atom stereocenters. The summed E-state index contributed by atoms with van der Waals surface area (Å²) in [4.78, 5) is 62.6. The molecule has 3 aliphatic rings. The Balaban J connectivity index is 0.632. The molecule has 0 radical (unpaired) electrons. The van der Waals surface area contributed by atoms with Crippen LogP contribution in [0.1, 0.15) is 68.7 Å². The first-order valence-electron chi connectivity index (χ1n) is 30.7. The van der Waals surface area contributed by atoms with Crippen molar-refractivity contribution in [2.45, 2.75) is 90.7 Å². The maximum Gasteiger partial charge on any atom is 0.319 e. The van der Waals surface area contributed by atoms with Gasteiger partial charge in [0.15, 0.2) is 5.82 Å². The molecule has 10 rings (SSSR count). The van der Waals surface area contributed by atoms with Crippen LogP contribution < -0.4 is 19.7 Å². The second-order valence-corrected chi connectivity index (χ2v) is 24.5. The molecule has 3 fully saturated rings. The number of hydrogen-bond donors (Lipinski definition) is 3. The molecule has 21 nitrogen and oxygen atoms in total. The van der Waals surface area contributed by atoms with E-state index < -0.39 is 23.9 Å². The monoisotopic (exact) mass is 1280 g/mol. The lowest BCUT2D eigenvalue weighted by Crippen LogP contribution is -2.48. The first kappa shape index (κ1) is 65.6. The number of nitrogens with one attached hydrogen (secondary N) is 1. The topological polar surface area (TPSA) is 237 Å². The summed E-state index contributed by atoms with van der Waals surface area (Å²) in [5.74, 6) is -0.853. The van der Waals surface area contributed by atoms with Crippen LogP contribution in [0, 0.1) is 25.6 Å². The van der Waals surface area contributed by atoms with Gasteiger partial charge in [0.1, 0.15) is 53.3 Å². The molecule has 0 spiro atoms. The highest BCUT2D eigenvalue weighted by molar-refractivity contribution is 7.13. The van der Waals surface area contributed by atoms with E-state index in [9.17, 15) is 24.6 Å². The summed E-state index contributed by atoms with van der Waals surface area (Å²) in [6.45, 7) is 20.1. The van der Waals surface area contributed by atoms with Crippen LogP contribution in [0.4, 0.5) is 10.2 Å². The number of nitrogens with zero attached hydrogens (tertiary/aromatic N) is 8. The molecule has 0 saturated carbocycles. The van der Waals surface area contributed by atoms with Crippen LogP contribution in [0.3, 0.4) is 0 Å². The molecular formula is C66H79ClFN9O12S. The molecule has 3 aromatic heterocycles. The highest BCUT2D eigenvalue weighted by atomic mass is 35.5. The fraction of sp³-hybridized carbons (Fsp3) is 0.470. The van der Waals surface area contributed by atoms with Gasteiger partial charge in [0.25, 0.3) is 0 Å². The van der Waals surface area contributed by atoms with E-state index in [1.807, 2.05) is 75.1 Å². The van der Waals surface area contributed by atoms with E-state index in [0.717, 1.165) is 53.0 Å². The molecule has 3 aliphatic heterocycles. The highest BCUT2D eigenvalue weighted by Gasteiger charge is 2.43. The molecular weight excluding hydrogens is 1200 g/mol. The number of phenolic OH excluding ortho intramolecular Hbond substituents is 1. The number of aromatic nitrogens is 4. The summed E-state index contributed by atoms with van der Waals surface area (Å²) in [5.41, 5.74) is 5.58. The molecule has 24 heteroatoms. The fourth-order valence-electron chi connectivity index (χ4n) is 11.9. The number of amides is 3. The molecule has 4 aromatic carbocycles. The van der Waals surface area contributed by atoms with E-state index in [1.165, 1.54) is 28.4 Å². The third-order valence-electron chi connectivity index (χ3n) is 16.5. The van der Waals surface area contributed by atoms with Gasteiger partial charge in [0, 0.05) is 87.9 Å². The summed E-state index contributed by atoms with van der Waals surface area (Å²) in [7, 11) is 0. The van der Waals surface area contributed by atoms with Crippen molar-refractivity contribution in [1.82, 2.24) is 40.1 Å². The number of β-amino-alcohol motifs (C(OH)–C–C–N with tert-alkyl or cyclic N) is 1. The van der Waals surface area contributed by atoms with Crippen LogP contribution in [0.5, 0.6) is 17.5 Å². The van der Waals surface area contributed by atoms with Crippen molar-refractivity contribution in [3.05, 3.63) is 118 Å². The molecule has 3 amide bonds. The smallest absolute Gasteiger partial charge is 0.319 e. The lowest BCUT2D eigenvalue weighted by Gasteiger charge is -2.35. The minimum absolute atomic E-state index is 0.0172. The Kier molecular flexibility index (Phi) is 22.3. The van der Waals surface area contributed by atoms with E-state index in [1.54, 1.807) is 35.5 Å². The van der Waals surface area contributed by atoms with Crippen molar-refractivity contribution in [2.75, 3.05) is 110 Å². The number of anilines is 1. The standard InChI is InChI=1S/C66H79ClFN9O12S/c1-7-57(80)75-18-20-76(21-19-75)63-52-35-53(67)59(51-33-47(78)31-44-10-8-9-11-50(44)51)60(68)61(52)71-66(72-63)88-42(5)37-74-16-14-49(15-17-74)86-28-26-84-24-22-83-23-25-85-27-29-87-55-32-45(62-43(6)70-39-90-62)12-13-46(55)36-69-64(81)54-34-48(79)38-77(54)65(82)58(40(2)3)56-30-41(4)73-89-56/h7-13,30-33,35,39-40,42,48-49,54,58,78-79H,1,14-29,34,36-38H2,2-6H3,(H,69,81)/t42-,48?,54?,58-/m1/s1. The average Bonchev–Trinajstić information content (AvgIpc) is 1.15. The van der Waals surface area contributed by atoms with Crippen LogP contribution in [0.2, 0.25) is 5.02 Å². The van der Waals surface area contributed by atoms with Crippen molar-refractivity contribution in [2.24, 2.45) is 5.92 Å². The van der Waals surface area contributed by atoms with Gasteiger partial charge >= 0.3 is 6.01 Å². The maximum atomic E-state index is 17.2. The molecule has 0 aliphatic carbocycles. The number of rotatable bonds is 28. The fourth-order valence-corrected chi connectivity index (χ4v) is 13.0. The Morgan fingerprint density at radius 3 is 2.30 bits per heavy atom. The van der Waals surface area contributed by atoms with Gasteiger partial charge in [0.2, 0.25) is 17.7 Å². The van der Waals surface area contributed by atoms with E-state index in [4.69, 9.17) is 49.5 Å². The van der Waals surface area contributed by atoms with Crippen molar-refractivity contribution in [3.63, 3.8) is 0 Å². The Labute approximate surface area is 532 Å². The number of piperidine rings is 1. The zero-order valence-electron chi connectivity index (χ0n) is 51.5. The summed E-state index contributed by atoms with van der Waals surface area (Å²) in [6.07, 6.45) is 1.95. The zero-order valence-corrected chi connectivity index (χ0v) is 53.1. The Morgan fingerprint density at radius 1 is 0.889 bits per heavy atom. The van der Waals surface area contributed by atoms with Gasteiger partial charge in [0.05, 0.1) is 85.3 Å². The lowest BCUT2D eigenvalue weighted by molar-refractivity contribution is -0.141. The van der Waals surface area contributed by atoms with E-state index in [0.29, 0.717) is 118 Å². The third kappa shape index (κ3) is 16.0. The number of hydrogen-bond acceptors (Lipinski definition) is 19. The summed E-state index contributed by atoms with van der Waals surface area (Å²) in [6, 6.07) is 18.9. The second-order valence-electron chi connectivity index (χ2n) is 23.3. The second kappa shape index (κ2) is 30.6.